The van der Waals surface area contributed by atoms with Crippen molar-refractivity contribution in [2.45, 2.75) is 29.6 Å². The molecule has 7 nitrogen and oxygen atoms in total. The largest absolute Gasteiger partial charge is 0.481 e. The van der Waals surface area contributed by atoms with Gasteiger partial charge in [-0.3, -0.25) is 4.79 Å². The van der Waals surface area contributed by atoms with E-state index in [0.717, 1.165) is 4.47 Å². The van der Waals surface area contributed by atoms with E-state index < -0.39 is 48.0 Å². The van der Waals surface area contributed by atoms with Gasteiger partial charge in [0.1, 0.15) is 17.0 Å². The zero-order chi connectivity index (χ0) is 26.5. The summed E-state index contributed by atoms with van der Waals surface area (Å²) in [5.74, 6) is -3.24. The molecular formula is C26H22BrClF2N2O5. The van der Waals surface area contributed by atoms with Crippen molar-refractivity contribution in [3.05, 3.63) is 87.0 Å². The van der Waals surface area contributed by atoms with Crippen LogP contribution >= 0.6 is 27.5 Å². The van der Waals surface area contributed by atoms with Crippen LogP contribution in [0.3, 0.4) is 0 Å². The monoisotopic (exact) mass is 594 g/mol. The van der Waals surface area contributed by atoms with Crippen LogP contribution in [0.1, 0.15) is 22.6 Å². The lowest BCUT2D eigenvalue weighted by Gasteiger charge is -2.40. The van der Waals surface area contributed by atoms with Crippen LogP contribution in [0.25, 0.3) is 0 Å². The minimum atomic E-state index is -2.80. The molecule has 5 rings (SSSR count). The summed E-state index contributed by atoms with van der Waals surface area (Å²) in [5, 5.41) is 26.6. The van der Waals surface area contributed by atoms with E-state index in [4.69, 9.17) is 21.1 Å². The molecule has 0 radical (unpaired) electrons. The summed E-state index contributed by atoms with van der Waals surface area (Å²) in [7, 11) is 1.32. The molecule has 1 aliphatic carbocycles. The van der Waals surface area contributed by atoms with Crippen LogP contribution in [0.2, 0.25) is 5.15 Å². The van der Waals surface area contributed by atoms with E-state index in [2.05, 4.69) is 26.2 Å². The van der Waals surface area contributed by atoms with Crippen LogP contribution < -0.4 is 14.8 Å². The highest BCUT2D eigenvalue weighted by atomic mass is 79.9. The number of hydrogen-bond acceptors (Lipinski definition) is 6. The average molecular weight is 596 g/mol. The number of halogens is 4. The molecule has 3 N–H and O–H groups in total. The highest BCUT2D eigenvalue weighted by Crippen LogP contribution is 2.69. The van der Waals surface area contributed by atoms with Crippen molar-refractivity contribution >= 4 is 33.4 Å². The Labute approximate surface area is 224 Å². The topological polar surface area (TPSA) is 101 Å². The average Bonchev–Trinajstić information content (AvgIpc) is 3.25. The van der Waals surface area contributed by atoms with Crippen molar-refractivity contribution in [2.75, 3.05) is 13.7 Å². The van der Waals surface area contributed by atoms with E-state index in [-0.39, 0.29) is 22.3 Å². The van der Waals surface area contributed by atoms with E-state index in [1.165, 1.54) is 13.2 Å². The summed E-state index contributed by atoms with van der Waals surface area (Å²) < 4.78 is 38.8. The van der Waals surface area contributed by atoms with Crippen LogP contribution in [0.15, 0.2) is 65.1 Å². The number of carbonyl (C=O) groups is 1. The first kappa shape index (κ1) is 25.8. The predicted octanol–water partition coefficient (Wildman–Crippen LogP) is 4.14. The number of nitrogens with one attached hydrogen (secondary N) is 1. The normalized spacial score (nSPS) is 27.9. The number of amides is 1. The van der Waals surface area contributed by atoms with Gasteiger partial charge in [-0.2, -0.15) is 0 Å². The second kappa shape index (κ2) is 9.50. The Kier molecular flexibility index (Phi) is 6.64. The Balaban J connectivity index is 1.83. The molecule has 194 valence electrons. The number of aliphatic hydroxyl groups excluding tert-OH is 1. The third-order valence-corrected chi connectivity index (χ3v) is 7.78. The van der Waals surface area contributed by atoms with Gasteiger partial charge in [-0.15, -0.1) is 0 Å². The summed E-state index contributed by atoms with van der Waals surface area (Å²) >= 11 is 9.61. The standard InChI is InChI=1S/C26H22BrClF2N2O5/c1-36-24-21-16(11-17(28)32-24)37-26(14-7-9-15(27)10-8-14)20(13-5-3-2-4-6-13)19(22(33)25(21,26)35)23(34)31-12-18(29)30/h2-11,18-20,22,33,35H,12H2,1H3,(H,31,34)/t19-,20-,22-,25+,26+/m1/s1. The number of aliphatic hydroxyl groups is 2. The lowest BCUT2D eigenvalue weighted by Crippen LogP contribution is -2.52. The van der Waals surface area contributed by atoms with Gasteiger partial charge in [0.05, 0.1) is 25.1 Å². The summed E-state index contributed by atoms with van der Waals surface area (Å²) in [6, 6.07) is 17.0. The highest BCUT2D eigenvalue weighted by molar-refractivity contribution is 9.10. The second-order valence-electron chi connectivity index (χ2n) is 8.93. The molecule has 0 unspecified atom stereocenters. The van der Waals surface area contributed by atoms with Gasteiger partial charge in [-0.1, -0.05) is 70.0 Å². The first-order chi connectivity index (χ1) is 17.6. The van der Waals surface area contributed by atoms with Crippen LogP contribution in [0.5, 0.6) is 11.6 Å². The van der Waals surface area contributed by atoms with E-state index in [9.17, 15) is 23.8 Å². The fourth-order valence-corrected chi connectivity index (χ4v) is 6.14. The number of methoxy groups -OCH3 is 1. The van der Waals surface area contributed by atoms with Crippen molar-refractivity contribution in [3.63, 3.8) is 0 Å². The van der Waals surface area contributed by atoms with Crippen LogP contribution in [-0.2, 0) is 16.0 Å². The van der Waals surface area contributed by atoms with Gasteiger partial charge < -0.3 is 25.0 Å². The van der Waals surface area contributed by atoms with Gasteiger partial charge in [-0.25, -0.2) is 13.8 Å². The Hall–Kier alpha value is -2.79. The lowest BCUT2D eigenvalue weighted by atomic mass is 9.71. The van der Waals surface area contributed by atoms with Crippen LogP contribution in [0.4, 0.5) is 8.78 Å². The highest BCUT2D eigenvalue weighted by Gasteiger charge is 2.78. The number of aromatic nitrogens is 1. The van der Waals surface area contributed by atoms with E-state index in [0.29, 0.717) is 11.1 Å². The van der Waals surface area contributed by atoms with E-state index in [1.54, 1.807) is 54.6 Å². The molecule has 5 atom stereocenters. The molecule has 3 aromatic rings. The maximum Gasteiger partial charge on any atom is 0.255 e. The van der Waals surface area contributed by atoms with Gasteiger partial charge in [0.25, 0.3) is 6.43 Å². The Bertz CT molecular complexity index is 1330. The molecule has 1 saturated carbocycles. The molecule has 2 aromatic carbocycles. The van der Waals surface area contributed by atoms with Gasteiger partial charge in [0, 0.05) is 16.5 Å². The number of pyridine rings is 1. The number of carbonyl (C=O) groups excluding carboxylic acids is 1. The fourth-order valence-electron chi connectivity index (χ4n) is 5.70. The van der Waals surface area contributed by atoms with Gasteiger partial charge in [0.15, 0.2) is 11.2 Å². The summed E-state index contributed by atoms with van der Waals surface area (Å²) in [6.07, 6.45) is -4.61. The molecule has 1 aromatic heterocycles. The van der Waals surface area contributed by atoms with Gasteiger partial charge >= 0.3 is 0 Å². The first-order valence-electron chi connectivity index (χ1n) is 11.4. The first-order valence-corrected chi connectivity index (χ1v) is 12.5. The molecular weight excluding hydrogens is 574 g/mol. The maximum absolute atomic E-state index is 13.4. The number of benzene rings is 2. The molecule has 1 amide bonds. The number of alkyl halides is 2. The molecule has 37 heavy (non-hydrogen) atoms. The summed E-state index contributed by atoms with van der Waals surface area (Å²) in [5.41, 5.74) is -3.08. The van der Waals surface area contributed by atoms with E-state index >= 15 is 0 Å². The molecule has 1 fully saturated rings. The third-order valence-electron chi connectivity index (χ3n) is 7.06. The molecule has 0 bridgehead atoms. The van der Waals surface area contributed by atoms with Crippen molar-refractivity contribution in [1.82, 2.24) is 10.3 Å². The summed E-state index contributed by atoms with van der Waals surface area (Å²) in [6.45, 7) is -0.912. The molecule has 0 saturated heterocycles. The molecule has 0 spiro atoms. The summed E-state index contributed by atoms with van der Waals surface area (Å²) in [4.78, 5) is 17.6. The number of nitrogens with zero attached hydrogens (tertiary/aromatic N) is 1. The second-order valence-corrected chi connectivity index (χ2v) is 10.2. The maximum atomic E-state index is 13.4. The van der Waals surface area contributed by atoms with Crippen molar-refractivity contribution < 1.29 is 33.3 Å². The number of fused-ring (bicyclic) bond motifs is 3. The van der Waals surface area contributed by atoms with Crippen LogP contribution in [-0.4, -0.2) is 47.3 Å². The minimum absolute atomic E-state index is 0.0138. The zero-order valence-electron chi connectivity index (χ0n) is 19.4. The predicted molar refractivity (Wildman–Crippen MR) is 134 cm³/mol. The number of rotatable bonds is 6. The van der Waals surface area contributed by atoms with E-state index in [1.807, 2.05) is 0 Å². The lowest BCUT2D eigenvalue weighted by molar-refractivity contribution is -0.154. The molecule has 11 heteroatoms. The Morgan fingerprint density at radius 1 is 1.24 bits per heavy atom. The van der Waals surface area contributed by atoms with Crippen molar-refractivity contribution in [3.8, 4) is 11.6 Å². The molecule has 1 aliphatic heterocycles. The minimum Gasteiger partial charge on any atom is -0.481 e. The smallest absolute Gasteiger partial charge is 0.255 e. The number of ether oxygens (including phenoxy) is 2. The van der Waals surface area contributed by atoms with Crippen LogP contribution in [0, 0.1) is 5.92 Å². The van der Waals surface area contributed by atoms with Gasteiger partial charge in [-0.05, 0) is 23.3 Å². The Morgan fingerprint density at radius 3 is 2.54 bits per heavy atom. The van der Waals surface area contributed by atoms with Crippen molar-refractivity contribution in [2.24, 2.45) is 5.92 Å². The number of hydrogen-bond donors (Lipinski definition) is 3. The van der Waals surface area contributed by atoms with Crippen molar-refractivity contribution in [1.29, 1.82) is 0 Å². The Morgan fingerprint density at radius 2 is 1.92 bits per heavy atom. The molecule has 2 heterocycles. The third kappa shape index (κ3) is 3.80. The quantitative estimate of drug-likeness (QED) is 0.371. The fraction of sp³-hybridized carbons (Fsp3) is 0.308. The molecule has 2 aliphatic rings. The SMILES string of the molecule is COc1nc(Cl)cc2c1[C@]1(O)[C@H](O)[C@H](C(=O)NCC(F)F)[C@@H](c3ccccc3)[C@]1(c1ccc(Br)cc1)O2. The zero-order valence-corrected chi connectivity index (χ0v) is 21.7. The van der Waals surface area contributed by atoms with Gasteiger partial charge in [0.2, 0.25) is 11.8 Å².